The van der Waals surface area contributed by atoms with Gasteiger partial charge in [-0.25, -0.2) is 4.98 Å². The molecule has 1 aromatic heterocycles. The molecule has 3 N–H and O–H groups in total. The van der Waals surface area contributed by atoms with Crippen molar-refractivity contribution >= 4 is 27.7 Å². The van der Waals surface area contributed by atoms with Crippen molar-refractivity contribution in [1.29, 1.82) is 0 Å². The molecule has 0 aliphatic carbocycles. The second kappa shape index (κ2) is 6.12. The van der Waals surface area contributed by atoms with E-state index in [1.807, 2.05) is 26.8 Å². The lowest BCUT2D eigenvalue weighted by molar-refractivity contribution is -0.117. The van der Waals surface area contributed by atoms with Crippen LogP contribution in [0.3, 0.4) is 0 Å². The minimum Gasteiger partial charge on any atom is -0.320 e. The second-order valence-corrected chi connectivity index (χ2v) is 5.40. The maximum Gasteiger partial charge on any atom is 0.242 e. The molecule has 1 rings (SSSR count). The quantitative estimate of drug-likeness (QED) is 0.897. The highest BCUT2D eigenvalue weighted by molar-refractivity contribution is 9.10. The summed E-state index contributed by atoms with van der Waals surface area (Å²) in [5.74, 6) is 0.748. The number of hydrogen-bond donors (Lipinski definition) is 2. The van der Waals surface area contributed by atoms with Crippen molar-refractivity contribution < 1.29 is 4.79 Å². The normalized spacial score (nSPS) is 12.6. The molecule has 0 spiro atoms. The predicted molar refractivity (Wildman–Crippen MR) is 72.7 cm³/mol. The second-order valence-electron chi connectivity index (χ2n) is 4.54. The van der Waals surface area contributed by atoms with Crippen LogP contribution in [0.5, 0.6) is 0 Å². The Labute approximate surface area is 110 Å². The average Bonchev–Trinajstić information content (AvgIpc) is 2.22. The molecule has 17 heavy (non-hydrogen) atoms. The van der Waals surface area contributed by atoms with Gasteiger partial charge in [-0.1, -0.05) is 13.8 Å². The highest BCUT2D eigenvalue weighted by atomic mass is 79.9. The number of nitrogens with zero attached hydrogens (tertiary/aromatic N) is 1. The molecule has 1 aromatic rings. The van der Waals surface area contributed by atoms with Crippen LogP contribution in [0.2, 0.25) is 0 Å². The zero-order valence-corrected chi connectivity index (χ0v) is 11.9. The molecule has 0 unspecified atom stereocenters. The molecule has 0 radical (unpaired) electrons. The SMILES string of the molecule is Cc1cc(NC(=O)[C@H](N)CC(C)C)ncc1Br. The van der Waals surface area contributed by atoms with Crippen molar-refractivity contribution in [3.8, 4) is 0 Å². The van der Waals surface area contributed by atoms with Crippen LogP contribution in [0.25, 0.3) is 0 Å². The number of aryl methyl sites for hydroxylation is 1. The molecule has 1 atom stereocenters. The Balaban J connectivity index is 2.64. The Hall–Kier alpha value is -0.940. The van der Waals surface area contributed by atoms with Crippen LogP contribution >= 0.6 is 15.9 Å². The third-order valence-corrected chi connectivity index (χ3v) is 3.19. The van der Waals surface area contributed by atoms with Crippen LogP contribution in [0.15, 0.2) is 16.7 Å². The van der Waals surface area contributed by atoms with Crippen molar-refractivity contribution in [2.75, 3.05) is 5.32 Å². The van der Waals surface area contributed by atoms with Crippen molar-refractivity contribution in [3.05, 3.63) is 22.3 Å². The third-order valence-electron chi connectivity index (χ3n) is 2.36. The van der Waals surface area contributed by atoms with Crippen LogP contribution in [0, 0.1) is 12.8 Å². The average molecular weight is 300 g/mol. The zero-order valence-electron chi connectivity index (χ0n) is 10.3. The summed E-state index contributed by atoms with van der Waals surface area (Å²) in [6, 6.07) is 1.32. The maximum atomic E-state index is 11.8. The van der Waals surface area contributed by atoms with Gasteiger partial charge >= 0.3 is 0 Å². The Morgan fingerprint density at radius 2 is 2.24 bits per heavy atom. The number of carbonyl (C=O) groups excluding carboxylic acids is 1. The molecule has 0 bridgehead atoms. The van der Waals surface area contributed by atoms with Crippen LogP contribution in [-0.2, 0) is 4.79 Å². The summed E-state index contributed by atoms with van der Waals surface area (Å²) >= 11 is 3.36. The fourth-order valence-corrected chi connectivity index (χ4v) is 1.66. The lowest BCUT2D eigenvalue weighted by Crippen LogP contribution is -2.36. The summed E-state index contributed by atoms with van der Waals surface area (Å²) in [6.07, 6.45) is 2.33. The maximum absolute atomic E-state index is 11.8. The fourth-order valence-electron chi connectivity index (χ4n) is 1.44. The molecule has 94 valence electrons. The summed E-state index contributed by atoms with van der Waals surface area (Å²) < 4.78 is 0.918. The minimum absolute atomic E-state index is 0.187. The monoisotopic (exact) mass is 299 g/mol. The van der Waals surface area contributed by atoms with Crippen LogP contribution < -0.4 is 11.1 Å². The van der Waals surface area contributed by atoms with E-state index in [-0.39, 0.29) is 5.91 Å². The van der Waals surface area contributed by atoms with E-state index in [0.29, 0.717) is 18.2 Å². The van der Waals surface area contributed by atoms with Crippen molar-refractivity contribution in [1.82, 2.24) is 4.98 Å². The summed E-state index contributed by atoms with van der Waals surface area (Å²) in [4.78, 5) is 15.9. The van der Waals surface area contributed by atoms with Gasteiger partial charge in [0.25, 0.3) is 0 Å². The molecule has 1 amide bonds. The number of anilines is 1. The summed E-state index contributed by atoms with van der Waals surface area (Å²) in [5, 5.41) is 2.72. The van der Waals surface area contributed by atoms with Crippen LogP contribution in [0.1, 0.15) is 25.8 Å². The lowest BCUT2D eigenvalue weighted by atomic mass is 10.0. The third kappa shape index (κ3) is 4.44. The van der Waals surface area contributed by atoms with Crippen LogP contribution in [0.4, 0.5) is 5.82 Å². The van der Waals surface area contributed by atoms with Crippen LogP contribution in [-0.4, -0.2) is 16.9 Å². The number of aromatic nitrogens is 1. The topological polar surface area (TPSA) is 68.0 Å². The number of nitrogens with one attached hydrogen (secondary N) is 1. The summed E-state index contributed by atoms with van der Waals surface area (Å²) in [7, 11) is 0. The van der Waals surface area contributed by atoms with Gasteiger partial charge in [-0.3, -0.25) is 4.79 Å². The molecular weight excluding hydrogens is 282 g/mol. The first-order chi connectivity index (χ1) is 7.90. The molecule has 0 aromatic carbocycles. The van der Waals surface area contributed by atoms with Gasteiger partial charge in [0.05, 0.1) is 6.04 Å². The number of halogens is 1. The van der Waals surface area contributed by atoms with E-state index in [2.05, 4.69) is 26.2 Å². The molecule has 4 nitrogen and oxygen atoms in total. The first-order valence-corrected chi connectivity index (χ1v) is 6.38. The van der Waals surface area contributed by atoms with E-state index >= 15 is 0 Å². The fraction of sp³-hybridized carbons (Fsp3) is 0.500. The Kier molecular flexibility index (Phi) is 5.08. The Morgan fingerprint density at radius 3 is 2.76 bits per heavy atom. The summed E-state index contributed by atoms with van der Waals surface area (Å²) in [6.45, 7) is 6.01. The smallest absolute Gasteiger partial charge is 0.242 e. The number of pyridine rings is 1. The van der Waals surface area contributed by atoms with Gasteiger partial charge in [0.15, 0.2) is 0 Å². The van der Waals surface area contributed by atoms with E-state index in [1.54, 1.807) is 6.20 Å². The van der Waals surface area contributed by atoms with Gasteiger partial charge in [0.1, 0.15) is 5.82 Å². The number of nitrogens with two attached hydrogens (primary N) is 1. The standard InChI is InChI=1S/C12H18BrN3O/c1-7(2)4-10(14)12(17)16-11-5-8(3)9(13)6-15-11/h5-7,10H,4,14H2,1-3H3,(H,15,16,17)/t10-/m1/s1. The van der Waals surface area contributed by atoms with Gasteiger partial charge in [0, 0.05) is 10.7 Å². The Bertz CT molecular complexity index is 407. The van der Waals surface area contributed by atoms with Gasteiger partial charge in [-0.15, -0.1) is 0 Å². The molecule has 5 heteroatoms. The first kappa shape index (κ1) is 14.1. The van der Waals surface area contributed by atoms with E-state index < -0.39 is 6.04 Å². The van der Waals surface area contributed by atoms with Crippen molar-refractivity contribution in [2.24, 2.45) is 11.7 Å². The van der Waals surface area contributed by atoms with Crippen molar-refractivity contribution in [2.45, 2.75) is 33.2 Å². The molecule has 0 fully saturated rings. The molecule has 0 aliphatic rings. The van der Waals surface area contributed by atoms with Gasteiger partial charge in [-0.2, -0.15) is 0 Å². The highest BCUT2D eigenvalue weighted by Gasteiger charge is 2.15. The predicted octanol–water partition coefficient (Wildman–Crippen LogP) is 2.46. The largest absolute Gasteiger partial charge is 0.320 e. The van der Waals surface area contributed by atoms with Gasteiger partial charge in [-0.05, 0) is 46.8 Å². The minimum atomic E-state index is -0.485. The molecule has 1 heterocycles. The molecular formula is C12H18BrN3O. The molecule has 0 aliphatic heterocycles. The number of amides is 1. The zero-order chi connectivity index (χ0) is 13.0. The van der Waals surface area contributed by atoms with E-state index in [4.69, 9.17) is 5.73 Å². The van der Waals surface area contributed by atoms with E-state index in [0.717, 1.165) is 10.0 Å². The summed E-state index contributed by atoms with van der Waals surface area (Å²) in [5.41, 5.74) is 6.81. The van der Waals surface area contributed by atoms with Gasteiger partial charge < -0.3 is 11.1 Å². The first-order valence-electron chi connectivity index (χ1n) is 5.58. The number of carbonyl (C=O) groups is 1. The molecule has 0 saturated heterocycles. The van der Waals surface area contributed by atoms with Crippen molar-refractivity contribution in [3.63, 3.8) is 0 Å². The van der Waals surface area contributed by atoms with E-state index in [1.165, 1.54) is 0 Å². The lowest BCUT2D eigenvalue weighted by Gasteiger charge is -2.14. The van der Waals surface area contributed by atoms with Gasteiger partial charge in [0.2, 0.25) is 5.91 Å². The Morgan fingerprint density at radius 1 is 1.59 bits per heavy atom. The van der Waals surface area contributed by atoms with E-state index in [9.17, 15) is 4.79 Å². The number of hydrogen-bond acceptors (Lipinski definition) is 3. The highest BCUT2D eigenvalue weighted by Crippen LogP contribution is 2.17. The molecule has 0 saturated carbocycles. The number of rotatable bonds is 4.